The van der Waals surface area contributed by atoms with E-state index >= 15 is 0 Å². The van der Waals surface area contributed by atoms with E-state index in [1.807, 2.05) is 0 Å². The van der Waals surface area contributed by atoms with Crippen molar-refractivity contribution in [3.63, 3.8) is 0 Å². The molecule has 0 radical (unpaired) electrons. The molecule has 0 aromatic heterocycles. The van der Waals surface area contributed by atoms with Gasteiger partial charge in [0.1, 0.15) is 0 Å². The monoisotopic (exact) mass is 474 g/mol. The van der Waals surface area contributed by atoms with Crippen molar-refractivity contribution in [3.8, 4) is 0 Å². The third kappa shape index (κ3) is 4.62. The van der Waals surface area contributed by atoms with Crippen molar-refractivity contribution in [1.29, 1.82) is 0 Å². The average Bonchev–Trinajstić information content (AvgIpc) is 3.09. The van der Waals surface area contributed by atoms with Crippen LogP contribution in [-0.4, -0.2) is 40.9 Å². The van der Waals surface area contributed by atoms with Crippen molar-refractivity contribution in [3.05, 3.63) is 106 Å². The lowest BCUT2D eigenvalue weighted by Crippen LogP contribution is -2.37. The van der Waals surface area contributed by atoms with E-state index in [0.29, 0.717) is 10.5 Å². The molecule has 2 amide bonds. The van der Waals surface area contributed by atoms with Crippen LogP contribution >= 0.6 is 0 Å². The lowest BCUT2D eigenvalue weighted by molar-refractivity contribution is -0.384. The molecule has 35 heavy (non-hydrogen) atoms. The second-order valence-electron chi connectivity index (χ2n) is 7.62. The third-order valence-corrected chi connectivity index (χ3v) is 5.33. The van der Waals surface area contributed by atoms with Crippen LogP contribution < -0.4 is 4.90 Å². The number of non-ortho nitro benzene ring substituents is 1. The number of carbonyl (C=O) groups excluding carboxylic acids is 4. The third-order valence-electron chi connectivity index (χ3n) is 5.33. The van der Waals surface area contributed by atoms with Crippen LogP contribution in [0.5, 0.6) is 0 Å². The topological polar surface area (TPSA) is 133 Å². The quantitative estimate of drug-likeness (QED) is 0.230. The highest BCUT2D eigenvalue weighted by molar-refractivity contribution is 6.25. The molecule has 1 heterocycles. The summed E-state index contributed by atoms with van der Waals surface area (Å²) in [7, 11) is 0. The van der Waals surface area contributed by atoms with Gasteiger partial charge in [0.2, 0.25) is 12.2 Å². The maximum atomic E-state index is 13.3. The van der Waals surface area contributed by atoms with Crippen molar-refractivity contribution < 1.29 is 33.6 Å². The van der Waals surface area contributed by atoms with Gasteiger partial charge in [-0.05, 0) is 36.8 Å². The van der Waals surface area contributed by atoms with Crippen molar-refractivity contribution >= 4 is 35.1 Å². The van der Waals surface area contributed by atoms with E-state index in [-0.39, 0.29) is 22.5 Å². The highest BCUT2D eigenvalue weighted by Gasteiger charge is 2.54. The van der Waals surface area contributed by atoms with Gasteiger partial charge in [-0.1, -0.05) is 42.5 Å². The van der Waals surface area contributed by atoms with Crippen LogP contribution in [0.25, 0.3) is 0 Å². The molecule has 3 aromatic carbocycles. The molecule has 10 heteroatoms. The lowest BCUT2D eigenvalue weighted by atomic mass is 10.1. The summed E-state index contributed by atoms with van der Waals surface area (Å²) >= 11 is 0. The van der Waals surface area contributed by atoms with Crippen LogP contribution in [0.2, 0.25) is 0 Å². The number of amides is 2. The second kappa shape index (κ2) is 9.56. The number of hydrogen-bond acceptors (Lipinski definition) is 8. The van der Waals surface area contributed by atoms with E-state index in [2.05, 4.69) is 0 Å². The number of nitro benzene ring substituents is 1. The van der Waals surface area contributed by atoms with Crippen molar-refractivity contribution in [2.24, 2.45) is 0 Å². The molecule has 3 aromatic rings. The van der Waals surface area contributed by atoms with Crippen LogP contribution in [-0.2, 0) is 19.1 Å². The highest BCUT2D eigenvalue weighted by Crippen LogP contribution is 2.32. The first-order chi connectivity index (χ1) is 16.8. The van der Waals surface area contributed by atoms with Crippen LogP contribution in [0.3, 0.4) is 0 Å². The average molecular weight is 474 g/mol. The molecule has 1 aliphatic heterocycles. The molecular weight excluding hydrogens is 456 g/mol. The maximum Gasteiger partial charge on any atom is 0.339 e. The number of ether oxygens (including phenoxy) is 2. The van der Waals surface area contributed by atoms with Gasteiger partial charge in [-0.2, -0.15) is 0 Å². The summed E-state index contributed by atoms with van der Waals surface area (Å²) in [5, 5.41) is 11.3. The molecule has 0 aliphatic carbocycles. The molecule has 0 bridgehead atoms. The molecule has 1 saturated heterocycles. The van der Waals surface area contributed by atoms with Crippen molar-refractivity contribution in [2.45, 2.75) is 19.1 Å². The predicted molar refractivity (Wildman–Crippen MR) is 122 cm³/mol. The fraction of sp³-hybridized carbons (Fsp3) is 0.120. The molecule has 0 spiro atoms. The zero-order valence-electron chi connectivity index (χ0n) is 18.3. The summed E-state index contributed by atoms with van der Waals surface area (Å²) in [5.41, 5.74) is 0.180. The molecule has 0 saturated carbocycles. The molecule has 2 atom stereocenters. The number of aryl methyl sites for hydroxylation is 1. The maximum absolute atomic E-state index is 13.3. The summed E-state index contributed by atoms with van der Waals surface area (Å²) in [6, 6.07) is 19.2. The van der Waals surface area contributed by atoms with Gasteiger partial charge in [0.25, 0.3) is 17.5 Å². The van der Waals surface area contributed by atoms with Gasteiger partial charge in [-0.15, -0.1) is 0 Å². The van der Waals surface area contributed by atoms with Crippen molar-refractivity contribution in [1.82, 2.24) is 0 Å². The number of nitrogens with zero attached hydrogens (tertiary/aromatic N) is 2. The van der Waals surface area contributed by atoms with E-state index in [1.54, 1.807) is 43.3 Å². The van der Waals surface area contributed by atoms with Crippen LogP contribution in [0.15, 0.2) is 78.9 Å². The molecule has 176 valence electrons. The van der Waals surface area contributed by atoms with E-state index in [4.69, 9.17) is 9.47 Å². The Morgan fingerprint density at radius 3 is 1.69 bits per heavy atom. The minimum Gasteiger partial charge on any atom is -0.444 e. The number of benzene rings is 3. The molecule has 1 aliphatic rings. The lowest BCUT2D eigenvalue weighted by Gasteiger charge is -2.16. The Labute approximate surface area is 198 Å². The van der Waals surface area contributed by atoms with Crippen LogP contribution in [0, 0.1) is 17.0 Å². The fourth-order valence-electron chi connectivity index (χ4n) is 3.55. The van der Waals surface area contributed by atoms with E-state index in [1.165, 1.54) is 36.4 Å². The first-order valence-corrected chi connectivity index (χ1v) is 10.4. The Kier molecular flexibility index (Phi) is 6.36. The van der Waals surface area contributed by atoms with Gasteiger partial charge in [-0.3, -0.25) is 19.7 Å². The summed E-state index contributed by atoms with van der Waals surface area (Å²) in [5.74, 6) is -3.80. The molecule has 0 unspecified atom stereocenters. The standard InChI is InChI=1S/C25H18N2O8/c1-15-12-13-18(27(32)33)14-19(15)26-22(28)20(34-24(30)16-8-4-2-5-9-16)21(23(26)29)35-25(31)17-10-6-3-7-11-17/h2-14,20-21H,1H3/t20-,21+. The normalized spacial score (nSPS) is 17.2. The zero-order valence-corrected chi connectivity index (χ0v) is 18.3. The molecule has 4 rings (SSSR count). The number of esters is 2. The van der Waals surface area contributed by atoms with Gasteiger partial charge in [-0.25, -0.2) is 14.5 Å². The van der Waals surface area contributed by atoms with Gasteiger partial charge >= 0.3 is 11.9 Å². The number of nitro groups is 1. The summed E-state index contributed by atoms with van der Waals surface area (Å²) in [6.07, 6.45) is -3.58. The van der Waals surface area contributed by atoms with Gasteiger partial charge in [0.15, 0.2) is 0 Å². The number of anilines is 1. The van der Waals surface area contributed by atoms with E-state index in [0.717, 1.165) is 6.07 Å². The minimum atomic E-state index is -1.79. The first-order valence-electron chi connectivity index (χ1n) is 10.4. The number of imide groups is 1. The van der Waals surface area contributed by atoms with Gasteiger partial charge in [0.05, 0.1) is 21.7 Å². The number of hydrogen-bond donors (Lipinski definition) is 0. The smallest absolute Gasteiger partial charge is 0.339 e. The Bertz CT molecular complexity index is 1250. The summed E-state index contributed by atoms with van der Waals surface area (Å²) in [4.78, 5) is 63.2. The Morgan fingerprint density at radius 1 is 0.800 bits per heavy atom. The minimum absolute atomic E-state index is 0.0757. The molecule has 10 nitrogen and oxygen atoms in total. The Hall–Kier alpha value is -4.86. The predicted octanol–water partition coefficient (Wildman–Crippen LogP) is 3.23. The van der Waals surface area contributed by atoms with E-state index < -0.39 is 40.9 Å². The molecule has 1 fully saturated rings. The zero-order chi connectivity index (χ0) is 25.1. The van der Waals surface area contributed by atoms with Crippen LogP contribution in [0.1, 0.15) is 26.3 Å². The van der Waals surface area contributed by atoms with Gasteiger partial charge in [0, 0.05) is 12.1 Å². The van der Waals surface area contributed by atoms with E-state index in [9.17, 15) is 29.3 Å². The number of carbonyl (C=O) groups is 4. The molecule has 0 N–H and O–H groups in total. The molecular formula is C25H18N2O8. The SMILES string of the molecule is Cc1ccc([N+](=O)[O-])cc1N1C(=O)[C@@H](OC(=O)c2ccccc2)[C@@H](OC(=O)c2ccccc2)C1=O. The Balaban J connectivity index is 1.71. The Morgan fingerprint density at radius 2 is 1.26 bits per heavy atom. The number of rotatable bonds is 6. The van der Waals surface area contributed by atoms with Crippen LogP contribution in [0.4, 0.5) is 11.4 Å². The fourth-order valence-corrected chi connectivity index (χ4v) is 3.55. The highest BCUT2D eigenvalue weighted by atomic mass is 16.6. The summed E-state index contributed by atoms with van der Waals surface area (Å²) in [6.45, 7) is 1.55. The van der Waals surface area contributed by atoms with Gasteiger partial charge < -0.3 is 9.47 Å². The second-order valence-corrected chi connectivity index (χ2v) is 7.62. The summed E-state index contributed by atoms with van der Waals surface area (Å²) < 4.78 is 10.7. The van der Waals surface area contributed by atoms with Crippen molar-refractivity contribution in [2.75, 3.05) is 4.90 Å². The largest absolute Gasteiger partial charge is 0.444 e. The first kappa shape index (κ1) is 23.3.